The molecule has 0 aromatic heterocycles. The second-order valence-corrected chi connectivity index (χ2v) is 6.24. The third-order valence-corrected chi connectivity index (χ3v) is 4.10. The van der Waals surface area contributed by atoms with E-state index < -0.39 is 0 Å². The molecule has 24 heavy (non-hydrogen) atoms. The minimum absolute atomic E-state index is 0.0335. The van der Waals surface area contributed by atoms with E-state index >= 15 is 0 Å². The Kier molecular flexibility index (Phi) is 5.16. The third kappa shape index (κ3) is 4.15. The maximum atomic E-state index is 12.6. The summed E-state index contributed by atoms with van der Waals surface area (Å²) in [5.74, 6) is 0.745. The Bertz CT molecular complexity index is 714. The van der Waals surface area contributed by atoms with E-state index in [0.717, 1.165) is 5.56 Å². The number of hydrogen-bond donors (Lipinski definition) is 0. The van der Waals surface area contributed by atoms with Crippen LogP contribution in [-0.2, 0) is 11.3 Å². The molecule has 126 valence electrons. The molecule has 0 spiro atoms. The van der Waals surface area contributed by atoms with E-state index in [-0.39, 0.29) is 12.0 Å². The minimum atomic E-state index is 0.0335. The lowest BCUT2D eigenvalue weighted by Crippen LogP contribution is -2.44. The van der Waals surface area contributed by atoms with E-state index in [9.17, 15) is 4.79 Å². The number of morpholine rings is 1. The van der Waals surface area contributed by atoms with E-state index in [1.165, 1.54) is 5.56 Å². The van der Waals surface area contributed by atoms with Gasteiger partial charge in [0.2, 0.25) is 0 Å². The van der Waals surface area contributed by atoms with Gasteiger partial charge in [-0.25, -0.2) is 0 Å². The topological polar surface area (TPSA) is 38.8 Å². The van der Waals surface area contributed by atoms with Crippen molar-refractivity contribution in [1.82, 2.24) is 4.90 Å². The van der Waals surface area contributed by atoms with Gasteiger partial charge in [0, 0.05) is 18.7 Å². The summed E-state index contributed by atoms with van der Waals surface area (Å²) < 4.78 is 11.3. The summed E-state index contributed by atoms with van der Waals surface area (Å²) in [6, 6.07) is 15.6. The van der Waals surface area contributed by atoms with Gasteiger partial charge < -0.3 is 14.4 Å². The van der Waals surface area contributed by atoms with Crippen LogP contribution in [0.2, 0.25) is 0 Å². The molecule has 3 rings (SSSR count). The summed E-state index contributed by atoms with van der Waals surface area (Å²) in [6.07, 6.45) is 0.0865. The number of ether oxygens (including phenoxy) is 2. The summed E-state index contributed by atoms with van der Waals surface area (Å²) in [5, 5.41) is 0. The molecular weight excluding hydrogens is 302 g/mol. The van der Waals surface area contributed by atoms with Crippen molar-refractivity contribution in [3.05, 3.63) is 65.2 Å². The third-order valence-electron chi connectivity index (χ3n) is 4.10. The van der Waals surface area contributed by atoms with Crippen molar-refractivity contribution in [1.29, 1.82) is 0 Å². The molecule has 4 heteroatoms. The van der Waals surface area contributed by atoms with Crippen LogP contribution in [0.3, 0.4) is 0 Å². The molecule has 1 atom stereocenters. The van der Waals surface area contributed by atoms with Crippen LogP contribution in [-0.4, -0.2) is 36.6 Å². The number of benzene rings is 2. The standard InChI is InChI=1S/C20H23NO3/c1-15-5-3-6-17(11-15)14-24-19-8-4-7-18(12-19)20(22)21-9-10-23-16(2)13-21/h3-8,11-12,16H,9-10,13-14H2,1-2H3. The summed E-state index contributed by atoms with van der Waals surface area (Å²) in [4.78, 5) is 14.5. The highest BCUT2D eigenvalue weighted by Crippen LogP contribution is 2.18. The van der Waals surface area contributed by atoms with Gasteiger partial charge in [-0.1, -0.05) is 35.9 Å². The summed E-state index contributed by atoms with van der Waals surface area (Å²) in [7, 11) is 0. The number of carbonyl (C=O) groups is 1. The molecule has 4 nitrogen and oxygen atoms in total. The SMILES string of the molecule is Cc1cccc(COc2cccc(C(=O)N3CCOC(C)C3)c2)c1. The largest absolute Gasteiger partial charge is 0.489 e. The maximum absolute atomic E-state index is 12.6. The summed E-state index contributed by atoms with van der Waals surface area (Å²) in [5.41, 5.74) is 2.99. The van der Waals surface area contributed by atoms with E-state index in [4.69, 9.17) is 9.47 Å². The molecule has 1 fully saturated rings. The number of carbonyl (C=O) groups excluding carboxylic acids is 1. The quantitative estimate of drug-likeness (QED) is 0.864. The first-order valence-electron chi connectivity index (χ1n) is 8.31. The highest BCUT2D eigenvalue weighted by Gasteiger charge is 2.22. The molecule has 1 saturated heterocycles. The molecular formula is C20H23NO3. The number of amides is 1. The molecule has 2 aromatic rings. The Labute approximate surface area is 143 Å². The van der Waals surface area contributed by atoms with Gasteiger partial charge in [0.15, 0.2) is 0 Å². The minimum Gasteiger partial charge on any atom is -0.489 e. The Morgan fingerprint density at radius 1 is 1.25 bits per heavy atom. The molecule has 1 amide bonds. The Hall–Kier alpha value is -2.33. The Morgan fingerprint density at radius 2 is 2.08 bits per heavy atom. The zero-order valence-corrected chi connectivity index (χ0v) is 14.2. The van der Waals surface area contributed by atoms with Gasteiger partial charge >= 0.3 is 0 Å². The van der Waals surface area contributed by atoms with E-state index in [1.54, 1.807) is 0 Å². The zero-order valence-electron chi connectivity index (χ0n) is 14.2. The van der Waals surface area contributed by atoms with Crippen molar-refractivity contribution in [2.24, 2.45) is 0 Å². The lowest BCUT2D eigenvalue weighted by Gasteiger charge is -2.31. The first-order valence-corrected chi connectivity index (χ1v) is 8.31. The first kappa shape index (κ1) is 16.5. The molecule has 0 bridgehead atoms. The second kappa shape index (κ2) is 7.49. The number of nitrogens with zero attached hydrogens (tertiary/aromatic N) is 1. The van der Waals surface area contributed by atoms with Gasteiger partial charge in [-0.3, -0.25) is 4.79 Å². The molecule has 0 N–H and O–H groups in total. The molecule has 0 radical (unpaired) electrons. The fourth-order valence-electron chi connectivity index (χ4n) is 2.87. The van der Waals surface area contributed by atoms with Gasteiger partial charge in [-0.15, -0.1) is 0 Å². The Balaban J connectivity index is 1.66. The molecule has 2 aromatic carbocycles. The van der Waals surface area contributed by atoms with Crippen molar-refractivity contribution in [3.8, 4) is 5.75 Å². The van der Waals surface area contributed by atoms with Gasteiger partial charge in [0.05, 0.1) is 12.7 Å². The molecule has 0 aliphatic carbocycles. The molecule has 1 aliphatic heterocycles. The highest BCUT2D eigenvalue weighted by molar-refractivity contribution is 5.94. The summed E-state index contributed by atoms with van der Waals surface area (Å²) >= 11 is 0. The molecule has 1 unspecified atom stereocenters. The normalized spacial score (nSPS) is 17.6. The van der Waals surface area contributed by atoms with Crippen molar-refractivity contribution >= 4 is 5.91 Å². The number of hydrogen-bond acceptors (Lipinski definition) is 3. The van der Waals surface area contributed by atoms with Gasteiger partial charge in [0.1, 0.15) is 12.4 Å². The van der Waals surface area contributed by atoms with Crippen LogP contribution in [0.15, 0.2) is 48.5 Å². The fraction of sp³-hybridized carbons (Fsp3) is 0.350. The van der Waals surface area contributed by atoms with E-state index in [0.29, 0.717) is 37.6 Å². The zero-order chi connectivity index (χ0) is 16.9. The van der Waals surface area contributed by atoms with E-state index in [2.05, 4.69) is 19.1 Å². The van der Waals surface area contributed by atoms with Crippen LogP contribution in [0.1, 0.15) is 28.4 Å². The van der Waals surface area contributed by atoms with Crippen LogP contribution in [0.5, 0.6) is 5.75 Å². The lowest BCUT2D eigenvalue weighted by atomic mass is 10.1. The first-order chi connectivity index (χ1) is 11.6. The fourth-order valence-corrected chi connectivity index (χ4v) is 2.87. The second-order valence-electron chi connectivity index (χ2n) is 6.24. The predicted octanol–water partition coefficient (Wildman–Crippen LogP) is 3.43. The Morgan fingerprint density at radius 3 is 2.88 bits per heavy atom. The van der Waals surface area contributed by atoms with Crippen molar-refractivity contribution in [3.63, 3.8) is 0 Å². The molecule has 1 aliphatic rings. The molecule has 0 saturated carbocycles. The van der Waals surface area contributed by atoms with Gasteiger partial charge in [-0.05, 0) is 37.6 Å². The van der Waals surface area contributed by atoms with Crippen LogP contribution >= 0.6 is 0 Å². The van der Waals surface area contributed by atoms with Gasteiger partial charge in [0.25, 0.3) is 5.91 Å². The summed E-state index contributed by atoms with van der Waals surface area (Å²) in [6.45, 7) is 6.40. The lowest BCUT2D eigenvalue weighted by molar-refractivity contribution is -0.0124. The van der Waals surface area contributed by atoms with Crippen LogP contribution in [0.25, 0.3) is 0 Å². The average Bonchev–Trinajstić information content (AvgIpc) is 2.60. The number of aryl methyl sites for hydroxylation is 1. The van der Waals surface area contributed by atoms with E-state index in [1.807, 2.05) is 48.2 Å². The maximum Gasteiger partial charge on any atom is 0.254 e. The monoisotopic (exact) mass is 325 g/mol. The van der Waals surface area contributed by atoms with Crippen LogP contribution in [0, 0.1) is 6.92 Å². The van der Waals surface area contributed by atoms with Crippen LogP contribution in [0.4, 0.5) is 0 Å². The van der Waals surface area contributed by atoms with Crippen molar-refractivity contribution in [2.75, 3.05) is 19.7 Å². The smallest absolute Gasteiger partial charge is 0.254 e. The highest BCUT2D eigenvalue weighted by atomic mass is 16.5. The predicted molar refractivity (Wildman–Crippen MR) is 93.3 cm³/mol. The van der Waals surface area contributed by atoms with Crippen molar-refractivity contribution < 1.29 is 14.3 Å². The van der Waals surface area contributed by atoms with Crippen molar-refractivity contribution in [2.45, 2.75) is 26.6 Å². The van der Waals surface area contributed by atoms with Crippen LogP contribution < -0.4 is 4.74 Å². The molecule has 1 heterocycles. The average molecular weight is 325 g/mol. The van der Waals surface area contributed by atoms with Gasteiger partial charge in [-0.2, -0.15) is 0 Å². The number of rotatable bonds is 4.